The molecule has 4 aromatic rings. The Balaban J connectivity index is 1.40. The lowest BCUT2D eigenvalue weighted by molar-refractivity contribution is -0.126. The Morgan fingerprint density at radius 1 is 0.925 bits per heavy atom. The maximum Gasteiger partial charge on any atom is 0.246 e. The molecule has 2 amide bonds. The number of carbonyl (C=O) groups excluding carboxylic acids is 2. The van der Waals surface area contributed by atoms with Crippen LogP contribution in [-0.4, -0.2) is 54.2 Å². The van der Waals surface area contributed by atoms with Crippen LogP contribution in [0.4, 0.5) is 5.13 Å². The number of hydrogen-bond donors (Lipinski definition) is 1. The van der Waals surface area contributed by atoms with Gasteiger partial charge >= 0.3 is 0 Å². The van der Waals surface area contributed by atoms with E-state index in [0.717, 1.165) is 27.3 Å². The highest BCUT2D eigenvalue weighted by Gasteiger charge is 2.16. The fraction of sp³-hybridized carbons (Fsp3) is 0.226. The number of carbonyl (C=O) groups is 2. The average Bonchev–Trinajstić information content (AvgIpc) is 3.44. The van der Waals surface area contributed by atoms with Gasteiger partial charge in [0.15, 0.2) is 11.5 Å². The van der Waals surface area contributed by atoms with Gasteiger partial charge in [0.2, 0.25) is 16.9 Å². The highest BCUT2D eigenvalue weighted by Crippen LogP contribution is 2.28. The summed E-state index contributed by atoms with van der Waals surface area (Å²) in [6, 6.07) is 23.3. The number of hydrogen-bond acceptors (Lipinski definition) is 7. The van der Waals surface area contributed by atoms with Crippen LogP contribution in [0.5, 0.6) is 11.5 Å². The van der Waals surface area contributed by atoms with Gasteiger partial charge in [-0.25, -0.2) is 0 Å². The number of anilines is 1. The summed E-state index contributed by atoms with van der Waals surface area (Å²) in [7, 11) is 3.18. The molecule has 0 aliphatic heterocycles. The minimum atomic E-state index is -0.234. The Bertz CT molecular complexity index is 1450. The molecule has 0 fully saturated rings. The number of amides is 2. The highest BCUT2D eigenvalue weighted by atomic mass is 32.1. The summed E-state index contributed by atoms with van der Waals surface area (Å²) >= 11 is 1.31. The van der Waals surface area contributed by atoms with E-state index < -0.39 is 0 Å². The molecule has 1 N–H and O–H groups in total. The molecule has 0 aliphatic rings. The standard InChI is InChI=1S/C31H32N4O4S/c1-22-9-13-25(14-10-22)30-33-34-31(40-30)32-28(36)18-20-35(29(37)16-12-23-7-5-4-6-8-23)19-17-24-11-15-26(38-2)27(21-24)39-3/h4-16,21H,17-20H2,1-3H3,(H,32,34,36). The van der Waals surface area contributed by atoms with Crippen molar-refractivity contribution in [3.8, 4) is 22.1 Å². The van der Waals surface area contributed by atoms with Crippen molar-refractivity contribution < 1.29 is 19.1 Å². The summed E-state index contributed by atoms with van der Waals surface area (Å²) in [6.45, 7) is 2.70. The number of ether oxygens (including phenoxy) is 2. The molecule has 0 saturated heterocycles. The SMILES string of the molecule is COc1ccc(CCN(CCC(=O)Nc2nnc(-c3ccc(C)cc3)s2)C(=O)C=Cc2ccccc2)cc1OC. The molecule has 40 heavy (non-hydrogen) atoms. The lowest BCUT2D eigenvalue weighted by Crippen LogP contribution is -2.34. The van der Waals surface area contributed by atoms with E-state index in [-0.39, 0.29) is 24.8 Å². The first kappa shape index (κ1) is 28.5. The second-order valence-corrected chi connectivity index (χ2v) is 10.1. The smallest absolute Gasteiger partial charge is 0.246 e. The summed E-state index contributed by atoms with van der Waals surface area (Å²) < 4.78 is 10.7. The van der Waals surface area contributed by atoms with Crippen LogP contribution in [0, 0.1) is 6.92 Å². The van der Waals surface area contributed by atoms with Crippen LogP contribution >= 0.6 is 11.3 Å². The summed E-state index contributed by atoms with van der Waals surface area (Å²) in [5.74, 6) is 0.865. The Kier molecular flexibility index (Phi) is 10.0. The number of rotatable bonds is 12. The number of aromatic nitrogens is 2. The van der Waals surface area contributed by atoms with Gasteiger partial charge in [-0.1, -0.05) is 77.6 Å². The number of benzene rings is 3. The Labute approximate surface area is 238 Å². The first-order chi connectivity index (χ1) is 19.4. The summed E-state index contributed by atoms with van der Waals surface area (Å²) in [5.41, 5.74) is 4.02. The van der Waals surface area contributed by atoms with E-state index in [9.17, 15) is 9.59 Å². The highest BCUT2D eigenvalue weighted by molar-refractivity contribution is 7.18. The van der Waals surface area contributed by atoms with Crippen LogP contribution in [0.25, 0.3) is 16.6 Å². The zero-order valence-electron chi connectivity index (χ0n) is 22.8. The summed E-state index contributed by atoms with van der Waals surface area (Å²) in [4.78, 5) is 27.6. The number of nitrogens with one attached hydrogen (secondary N) is 1. The zero-order chi connectivity index (χ0) is 28.3. The van der Waals surface area contributed by atoms with E-state index in [2.05, 4.69) is 15.5 Å². The normalized spacial score (nSPS) is 10.9. The van der Waals surface area contributed by atoms with Crippen LogP contribution in [0.2, 0.25) is 0 Å². The van der Waals surface area contributed by atoms with E-state index in [4.69, 9.17) is 9.47 Å². The van der Waals surface area contributed by atoms with Gasteiger partial charge in [0.05, 0.1) is 14.2 Å². The second kappa shape index (κ2) is 14.0. The molecule has 8 nitrogen and oxygen atoms in total. The Morgan fingerprint density at radius 3 is 2.40 bits per heavy atom. The third-order valence-corrected chi connectivity index (χ3v) is 7.11. The van der Waals surface area contributed by atoms with Crippen LogP contribution < -0.4 is 14.8 Å². The van der Waals surface area contributed by atoms with Gasteiger partial charge in [-0.3, -0.25) is 9.59 Å². The maximum absolute atomic E-state index is 13.2. The van der Waals surface area contributed by atoms with Crippen molar-refractivity contribution in [2.24, 2.45) is 0 Å². The summed E-state index contributed by atoms with van der Waals surface area (Å²) in [5, 5.41) is 12.3. The molecule has 0 unspecified atom stereocenters. The quantitative estimate of drug-likeness (QED) is 0.227. The Morgan fingerprint density at radius 2 is 1.68 bits per heavy atom. The van der Waals surface area contributed by atoms with E-state index in [1.807, 2.05) is 79.7 Å². The minimum absolute atomic E-state index is 0.121. The maximum atomic E-state index is 13.2. The van der Waals surface area contributed by atoms with E-state index in [1.165, 1.54) is 11.3 Å². The lowest BCUT2D eigenvalue weighted by Gasteiger charge is -2.21. The van der Waals surface area contributed by atoms with Crippen molar-refractivity contribution in [1.29, 1.82) is 0 Å². The first-order valence-corrected chi connectivity index (χ1v) is 13.7. The van der Waals surface area contributed by atoms with Crippen LogP contribution in [0.1, 0.15) is 23.1 Å². The number of nitrogens with zero attached hydrogens (tertiary/aromatic N) is 3. The van der Waals surface area contributed by atoms with Gasteiger partial charge in [-0.2, -0.15) is 0 Å². The molecule has 0 atom stereocenters. The molecule has 0 radical (unpaired) electrons. The van der Waals surface area contributed by atoms with Gasteiger partial charge < -0.3 is 19.7 Å². The molecule has 0 saturated carbocycles. The van der Waals surface area contributed by atoms with Gasteiger partial charge in [0, 0.05) is 31.1 Å². The minimum Gasteiger partial charge on any atom is -0.493 e. The van der Waals surface area contributed by atoms with Crippen molar-refractivity contribution in [2.75, 3.05) is 32.6 Å². The van der Waals surface area contributed by atoms with Crippen LogP contribution in [-0.2, 0) is 16.0 Å². The monoisotopic (exact) mass is 556 g/mol. The fourth-order valence-corrected chi connectivity index (χ4v) is 4.74. The third-order valence-electron chi connectivity index (χ3n) is 6.23. The van der Waals surface area contributed by atoms with Crippen molar-refractivity contribution in [3.63, 3.8) is 0 Å². The summed E-state index contributed by atoms with van der Waals surface area (Å²) in [6.07, 6.45) is 4.03. The molecule has 1 heterocycles. The predicted octanol–water partition coefficient (Wildman–Crippen LogP) is 5.64. The van der Waals surface area contributed by atoms with Crippen LogP contribution in [0.15, 0.2) is 78.9 Å². The van der Waals surface area contributed by atoms with Gasteiger partial charge in [0.1, 0.15) is 5.01 Å². The molecule has 206 valence electrons. The fourth-order valence-electron chi connectivity index (χ4n) is 3.97. The number of methoxy groups -OCH3 is 2. The van der Waals surface area contributed by atoms with Crippen molar-refractivity contribution in [1.82, 2.24) is 15.1 Å². The largest absolute Gasteiger partial charge is 0.493 e. The van der Waals surface area contributed by atoms with E-state index in [0.29, 0.717) is 29.6 Å². The predicted molar refractivity (Wildman–Crippen MR) is 159 cm³/mol. The molecule has 1 aromatic heterocycles. The molecule has 9 heteroatoms. The average molecular weight is 557 g/mol. The van der Waals surface area contributed by atoms with Crippen molar-refractivity contribution in [3.05, 3.63) is 95.6 Å². The molecule has 0 spiro atoms. The molecular weight excluding hydrogens is 524 g/mol. The van der Waals surface area contributed by atoms with Gasteiger partial charge in [-0.15, -0.1) is 10.2 Å². The first-order valence-electron chi connectivity index (χ1n) is 12.9. The number of aryl methyl sites for hydroxylation is 1. The Hall–Kier alpha value is -4.50. The lowest BCUT2D eigenvalue weighted by atomic mass is 10.1. The molecular formula is C31H32N4O4S. The van der Waals surface area contributed by atoms with Crippen LogP contribution in [0.3, 0.4) is 0 Å². The molecule has 4 rings (SSSR count). The van der Waals surface area contributed by atoms with E-state index in [1.54, 1.807) is 31.3 Å². The molecule has 3 aromatic carbocycles. The van der Waals surface area contributed by atoms with Gasteiger partial charge in [-0.05, 0) is 42.7 Å². The van der Waals surface area contributed by atoms with Crippen molar-refractivity contribution >= 4 is 34.4 Å². The zero-order valence-corrected chi connectivity index (χ0v) is 23.6. The van der Waals surface area contributed by atoms with E-state index >= 15 is 0 Å². The molecule has 0 aliphatic carbocycles. The van der Waals surface area contributed by atoms with Crippen molar-refractivity contribution in [2.45, 2.75) is 19.8 Å². The topological polar surface area (TPSA) is 93.6 Å². The van der Waals surface area contributed by atoms with Gasteiger partial charge in [0.25, 0.3) is 0 Å². The third kappa shape index (κ3) is 8.00. The molecule has 0 bridgehead atoms. The second-order valence-electron chi connectivity index (χ2n) is 9.09.